The van der Waals surface area contributed by atoms with Crippen LogP contribution < -0.4 is 11.3 Å². The Balaban J connectivity index is 2.55. The third-order valence-electron chi connectivity index (χ3n) is 3.28. The number of aromatic nitrogens is 4. The third kappa shape index (κ3) is 2.80. The molecular weight excluding hydrogens is 252 g/mol. The van der Waals surface area contributed by atoms with E-state index in [0.29, 0.717) is 17.6 Å². The number of hydrogen-bond donors (Lipinski definition) is 2. The Morgan fingerprint density at radius 2 is 2.00 bits per heavy atom. The Morgan fingerprint density at radius 3 is 2.50 bits per heavy atom. The van der Waals surface area contributed by atoms with E-state index in [1.54, 1.807) is 0 Å². The molecule has 108 valence electrons. The molecule has 6 nitrogen and oxygen atoms in total. The molecule has 3 N–H and O–H groups in total. The van der Waals surface area contributed by atoms with Crippen molar-refractivity contribution in [2.45, 2.75) is 34.1 Å². The maximum absolute atomic E-state index is 5.52. The number of anilines is 1. The first-order valence-electron chi connectivity index (χ1n) is 6.77. The molecule has 0 fully saturated rings. The summed E-state index contributed by atoms with van der Waals surface area (Å²) in [5, 5.41) is 4.42. The Kier molecular flexibility index (Phi) is 4.04. The molecule has 0 bridgehead atoms. The van der Waals surface area contributed by atoms with Crippen LogP contribution in [-0.2, 0) is 13.5 Å². The number of rotatable bonds is 4. The van der Waals surface area contributed by atoms with E-state index in [0.717, 1.165) is 29.1 Å². The smallest absolute Gasteiger partial charge is 0.165 e. The van der Waals surface area contributed by atoms with Crippen molar-refractivity contribution in [3.63, 3.8) is 0 Å². The zero-order valence-electron chi connectivity index (χ0n) is 12.7. The number of nitrogens with two attached hydrogens (primary N) is 1. The fourth-order valence-corrected chi connectivity index (χ4v) is 2.30. The molecule has 20 heavy (non-hydrogen) atoms. The van der Waals surface area contributed by atoms with Crippen molar-refractivity contribution in [1.29, 1.82) is 0 Å². The van der Waals surface area contributed by atoms with Gasteiger partial charge in [0.05, 0.1) is 11.3 Å². The van der Waals surface area contributed by atoms with Gasteiger partial charge in [-0.3, -0.25) is 4.68 Å². The van der Waals surface area contributed by atoms with Crippen molar-refractivity contribution < 1.29 is 0 Å². The summed E-state index contributed by atoms with van der Waals surface area (Å²) in [4.78, 5) is 9.13. The van der Waals surface area contributed by atoms with E-state index >= 15 is 0 Å². The number of nitrogen functional groups attached to an aromatic ring is 1. The fourth-order valence-electron chi connectivity index (χ4n) is 2.30. The average Bonchev–Trinajstić information content (AvgIpc) is 2.62. The van der Waals surface area contributed by atoms with Crippen LogP contribution >= 0.6 is 0 Å². The van der Waals surface area contributed by atoms with E-state index < -0.39 is 0 Å². The minimum absolute atomic E-state index is 0.527. The lowest BCUT2D eigenvalue weighted by molar-refractivity contribution is 0.635. The number of aryl methyl sites for hydroxylation is 2. The molecule has 2 aromatic heterocycles. The SMILES string of the molecule is Cc1nn(C)c(C)c1-c1nc(CC(C)C)cc(NN)n1. The predicted molar refractivity (Wildman–Crippen MR) is 80.1 cm³/mol. The van der Waals surface area contributed by atoms with Gasteiger partial charge in [-0.1, -0.05) is 13.8 Å². The molecule has 2 heterocycles. The molecule has 0 radical (unpaired) electrons. The summed E-state index contributed by atoms with van der Waals surface area (Å²) in [5.74, 6) is 7.36. The molecule has 0 amide bonds. The number of hydrazine groups is 1. The van der Waals surface area contributed by atoms with Gasteiger partial charge in [0.1, 0.15) is 5.82 Å². The topological polar surface area (TPSA) is 81.7 Å². The van der Waals surface area contributed by atoms with E-state index in [2.05, 4.69) is 34.3 Å². The van der Waals surface area contributed by atoms with Gasteiger partial charge in [0.2, 0.25) is 0 Å². The molecule has 0 aliphatic rings. The van der Waals surface area contributed by atoms with E-state index in [1.807, 2.05) is 31.6 Å². The summed E-state index contributed by atoms with van der Waals surface area (Å²) >= 11 is 0. The van der Waals surface area contributed by atoms with Crippen LogP contribution in [-0.4, -0.2) is 19.7 Å². The predicted octanol–water partition coefficient (Wildman–Crippen LogP) is 1.98. The second kappa shape index (κ2) is 5.58. The van der Waals surface area contributed by atoms with Crippen LogP contribution in [0.25, 0.3) is 11.4 Å². The zero-order chi connectivity index (χ0) is 14.9. The van der Waals surface area contributed by atoms with Gasteiger partial charge in [0.25, 0.3) is 0 Å². The van der Waals surface area contributed by atoms with Crippen LogP contribution in [0, 0.1) is 19.8 Å². The summed E-state index contributed by atoms with van der Waals surface area (Å²) in [7, 11) is 1.92. The number of nitrogens with zero attached hydrogens (tertiary/aromatic N) is 4. The molecule has 0 aromatic carbocycles. The first-order chi connectivity index (χ1) is 9.42. The Hall–Kier alpha value is -1.95. The van der Waals surface area contributed by atoms with Gasteiger partial charge >= 0.3 is 0 Å². The highest BCUT2D eigenvalue weighted by atomic mass is 15.3. The van der Waals surface area contributed by atoms with Gasteiger partial charge in [0.15, 0.2) is 5.82 Å². The van der Waals surface area contributed by atoms with Crippen molar-refractivity contribution in [3.8, 4) is 11.4 Å². The van der Waals surface area contributed by atoms with E-state index in [4.69, 9.17) is 5.84 Å². The standard InChI is InChI=1S/C14H22N6/c1-8(2)6-11-7-12(18-15)17-14(16-11)13-9(3)19-20(5)10(13)4/h7-8H,6,15H2,1-5H3,(H,16,17,18). The van der Waals surface area contributed by atoms with E-state index in [9.17, 15) is 0 Å². The van der Waals surface area contributed by atoms with Gasteiger partial charge in [0, 0.05) is 24.5 Å². The molecular formula is C14H22N6. The zero-order valence-corrected chi connectivity index (χ0v) is 12.7. The Labute approximate surface area is 119 Å². The van der Waals surface area contributed by atoms with Crippen molar-refractivity contribution in [3.05, 3.63) is 23.1 Å². The highest BCUT2D eigenvalue weighted by Gasteiger charge is 2.16. The molecule has 0 aliphatic heterocycles. The first-order valence-corrected chi connectivity index (χ1v) is 6.77. The van der Waals surface area contributed by atoms with Crippen LogP contribution in [0.5, 0.6) is 0 Å². The summed E-state index contributed by atoms with van der Waals surface area (Å²) in [6.45, 7) is 8.32. The Bertz CT molecular complexity index is 614. The van der Waals surface area contributed by atoms with Crippen molar-refractivity contribution in [2.75, 3.05) is 5.43 Å². The second-order valence-corrected chi connectivity index (χ2v) is 5.48. The van der Waals surface area contributed by atoms with Gasteiger partial charge in [-0.15, -0.1) is 0 Å². The summed E-state index contributed by atoms with van der Waals surface area (Å²) < 4.78 is 1.85. The van der Waals surface area contributed by atoms with Crippen LogP contribution in [0.15, 0.2) is 6.07 Å². The molecule has 2 aromatic rings. The van der Waals surface area contributed by atoms with Crippen molar-refractivity contribution in [1.82, 2.24) is 19.7 Å². The molecule has 0 aliphatic carbocycles. The van der Waals surface area contributed by atoms with Gasteiger partial charge in [-0.05, 0) is 26.2 Å². The van der Waals surface area contributed by atoms with Crippen molar-refractivity contribution >= 4 is 5.82 Å². The fraction of sp³-hybridized carbons (Fsp3) is 0.500. The largest absolute Gasteiger partial charge is 0.308 e. The summed E-state index contributed by atoms with van der Waals surface area (Å²) in [6, 6.07) is 1.89. The van der Waals surface area contributed by atoms with E-state index in [-0.39, 0.29) is 0 Å². The highest BCUT2D eigenvalue weighted by molar-refractivity contribution is 5.63. The highest BCUT2D eigenvalue weighted by Crippen LogP contribution is 2.25. The van der Waals surface area contributed by atoms with Gasteiger partial charge < -0.3 is 5.43 Å². The molecule has 0 saturated carbocycles. The second-order valence-electron chi connectivity index (χ2n) is 5.48. The molecule has 6 heteroatoms. The first kappa shape index (κ1) is 14.5. The summed E-state index contributed by atoms with van der Waals surface area (Å²) in [6.07, 6.45) is 0.891. The molecule has 0 saturated heterocycles. The molecule has 0 spiro atoms. The average molecular weight is 274 g/mol. The molecule has 0 unspecified atom stereocenters. The quantitative estimate of drug-likeness (QED) is 0.658. The van der Waals surface area contributed by atoms with Gasteiger partial charge in [-0.2, -0.15) is 5.10 Å². The number of hydrogen-bond acceptors (Lipinski definition) is 5. The molecule has 2 rings (SSSR count). The Morgan fingerprint density at radius 1 is 1.30 bits per heavy atom. The minimum atomic E-state index is 0.527. The van der Waals surface area contributed by atoms with E-state index in [1.165, 1.54) is 0 Å². The van der Waals surface area contributed by atoms with Crippen LogP contribution in [0.2, 0.25) is 0 Å². The van der Waals surface area contributed by atoms with Crippen LogP contribution in [0.1, 0.15) is 30.9 Å². The summed E-state index contributed by atoms with van der Waals surface area (Å²) in [5.41, 5.74) is 6.56. The lowest BCUT2D eigenvalue weighted by atomic mass is 10.1. The monoisotopic (exact) mass is 274 g/mol. The lowest BCUT2D eigenvalue weighted by Crippen LogP contribution is -2.11. The van der Waals surface area contributed by atoms with Crippen molar-refractivity contribution in [2.24, 2.45) is 18.8 Å². The van der Waals surface area contributed by atoms with Gasteiger partial charge in [-0.25, -0.2) is 15.8 Å². The molecule has 0 atom stereocenters. The normalized spacial score (nSPS) is 11.2. The lowest BCUT2D eigenvalue weighted by Gasteiger charge is -2.09. The van der Waals surface area contributed by atoms with Crippen LogP contribution in [0.4, 0.5) is 5.82 Å². The maximum atomic E-state index is 5.52. The third-order valence-corrected chi connectivity index (χ3v) is 3.28. The van der Waals surface area contributed by atoms with Crippen LogP contribution in [0.3, 0.4) is 0 Å². The number of nitrogens with one attached hydrogen (secondary N) is 1. The maximum Gasteiger partial charge on any atom is 0.165 e. The minimum Gasteiger partial charge on any atom is -0.308 e.